The SMILES string of the molecule is C=CCC(C)n1c(-c2cc(C(C)C)c(O)cc2O)n[nH]c1=O. The Hall–Kier alpha value is -2.50. The molecule has 6 nitrogen and oxygen atoms in total. The number of H-pyrrole nitrogens is 1. The van der Waals surface area contributed by atoms with Gasteiger partial charge in [-0.15, -0.1) is 6.58 Å². The molecule has 6 heteroatoms. The molecule has 1 aromatic heterocycles. The Morgan fingerprint density at radius 3 is 2.59 bits per heavy atom. The van der Waals surface area contributed by atoms with Crippen LogP contribution in [0.1, 0.15) is 44.7 Å². The minimum Gasteiger partial charge on any atom is -0.508 e. The summed E-state index contributed by atoms with van der Waals surface area (Å²) in [7, 11) is 0. The number of hydrogen-bond acceptors (Lipinski definition) is 4. The summed E-state index contributed by atoms with van der Waals surface area (Å²) in [6.45, 7) is 9.44. The van der Waals surface area contributed by atoms with E-state index in [2.05, 4.69) is 16.8 Å². The summed E-state index contributed by atoms with van der Waals surface area (Å²) in [5.41, 5.74) is 0.754. The second-order valence-corrected chi connectivity index (χ2v) is 5.68. The van der Waals surface area contributed by atoms with Crippen LogP contribution in [0.25, 0.3) is 11.4 Å². The zero-order chi connectivity index (χ0) is 16.4. The smallest absolute Gasteiger partial charge is 0.343 e. The van der Waals surface area contributed by atoms with Gasteiger partial charge in [0.2, 0.25) is 0 Å². The van der Waals surface area contributed by atoms with Crippen molar-refractivity contribution in [3.63, 3.8) is 0 Å². The summed E-state index contributed by atoms with van der Waals surface area (Å²) in [4.78, 5) is 12.0. The Morgan fingerprint density at radius 2 is 2.00 bits per heavy atom. The van der Waals surface area contributed by atoms with Gasteiger partial charge in [0.05, 0.1) is 5.56 Å². The molecule has 0 spiro atoms. The Labute approximate surface area is 128 Å². The molecule has 1 heterocycles. The number of aromatic nitrogens is 3. The predicted octanol–water partition coefficient (Wildman–Crippen LogP) is 2.91. The summed E-state index contributed by atoms with van der Waals surface area (Å²) >= 11 is 0. The van der Waals surface area contributed by atoms with Crippen LogP contribution in [-0.2, 0) is 0 Å². The average Bonchev–Trinajstić information content (AvgIpc) is 2.80. The van der Waals surface area contributed by atoms with Crippen LogP contribution in [0.5, 0.6) is 11.5 Å². The molecular weight excluding hydrogens is 282 g/mol. The van der Waals surface area contributed by atoms with E-state index < -0.39 is 0 Å². The van der Waals surface area contributed by atoms with Gasteiger partial charge in [-0.05, 0) is 30.9 Å². The molecule has 1 unspecified atom stereocenters. The summed E-state index contributed by atoms with van der Waals surface area (Å²) < 4.78 is 1.48. The van der Waals surface area contributed by atoms with Crippen LogP contribution in [0.2, 0.25) is 0 Å². The lowest BCUT2D eigenvalue weighted by Gasteiger charge is -2.15. The van der Waals surface area contributed by atoms with Crippen LogP contribution in [0, 0.1) is 0 Å². The largest absolute Gasteiger partial charge is 0.508 e. The van der Waals surface area contributed by atoms with Gasteiger partial charge in [-0.25, -0.2) is 9.89 Å². The molecule has 0 saturated carbocycles. The van der Waals surface area contributed by atoms with Crippen molar-refractivity contribution < 1.29 is 10.2 Å². The second-order valence-electron chi connectivity index (χ2n) is 5.68. The van der Waals surface area contributed by atoms with Gasteiger partial charge in [0.15, 0.2) is 5.82 Å². The maximum atomic E-state index is 12.0. The van der Waals surface area contributed by atoms with Gasteiger partial charge >= 0.3 is 5.69 Å². The van der Waals surface area contributed by atoms with Crippen molar-refractivity contribution in [2.45, 2.75) is 39.2 Å². The number of hydrogen-bond donors (Lipinski definition) is 3. The van der Waals surface area contributed by atoms with E-state index >= 15 is 0 Å². The molecule has 2 rings (SSSR count). The van der Waals surface area contributed by atoms with E-state index in [9.17, 15) is 15.0 Å². The highest BCUT2D eigenvalue weighted by Gasteiger charge is 2.20. The number of nitrogens with one attached hydrogen (secondary N) is 1. The standard InChI is InChI=1S/C16H21N3O3/c1-5-6-10(4)19-15(17-18-16(19)22)12-7-11(9(2)3)13(20)8-14(12)21/h5,7-10,20-21H,1,6H2,2-4H3,(H,18,22). The lowest BCUT2D eigenvalue weighted by Crippen LogP contribution is -2.21. The number of benzene rings is 1. The van der Waals surface area contributed by atoms with Gasteiger partial charge in [-0.2, -0.15) is 5.10 Å². The first-order valence-corrected chi connectivity index (χ1v) is 7.20. The van der Waals surface area contributed by atoms with E-state index in [0.29, 0.717) is 23.4 Å². The molecule has 2 aromatic rings. The van der Waals surface area contributed by atoms with E-state index in [1.807, 2.05) is 20.8 Å². The van der Waals surface area contributed by atoms with Crippen molar-refractivity contribution in [1.29, 1.82) is 0 Å². The third-order valence-electron chi connectivity index (χ3n) is 3.66. The molecule has 0 radical (unpaired) electrons. The number of aromatic hydroxyl groups is 2. The highest BCUT2D eigenvalue weighted by Crippen LogP contribution is 2.37. The van der Waals surface area contributed by atoms with Crippen LogP contribution >= 0.6 is 0 Å². The summed E-state index contributed by atoms with van der Waals surface area (Å²) in [6, 6.07) is 2.81. The van der Waals surface area contributed by atoms with Crippen LogP contribution in [0.3, 0.4) is 0 Å². The molecule has 118 valence electrons. The van der Waals surface area contributed by atoms with E-state index in [-0.39, 0.29) is 29.1 Å². The molecule has 22 heavy (non-hydrogen) atoms. The average molecular weight is 303 g/mol. The molecule has 0 fully saturated rings. The first kappa shape index (κ1) is 15.9. The molecule has 0 aliphatic carbocycles. The number of nitrogens with zero attached hydrogens (tertiary/aromatic N) is 2. The predicted molar refractivity (Wildman–Crippen MR) is 85.2 cm³/mol. The van der Waals surface area contributed by atoms with Gasteiger partial charge in [0, 0.05) is 12.1 Å². The summed E-state index contributed by atoms with van der Waals surface area (Å²) in [5, 5.41) is 26.5. The first-order valence-electron chi connectivity index (χ1n) is 7.20. The van der Waals surface area contributed by atoms with Gasteiger partial charge in [0.1, 0.15) is 11.5 Å². The van der Waals surface area contributed by atoms with E-state index in [1.54, 1.807) is 12.1 Å². The van der Waals surface area contributed by atoms with E-state index in [1.165, 1.54) is 10.6 Å². The van der Waals surface area contributed by atoms with Crippen LogP contribution in [-0.4, -0.2) is 25.0 Å². The van der Waals surface area contributed by atoms with Gasteiger partial charge in [-0.3, -0.25) is 4.57 Å². The Balaban J connectivity index is 2.65. The number of allylic oxidation sites excluding steroid dienone is 1. The fraction of sp³-hybridized carbons (Fsp3) is 0.375. The fourth-order valence-corrected chi connectivity index (χ4v) is 2.49. The van der Waals surface area contributed by atoms with Crippen molar-refractivity contribution in [2.24, 2.45) is 0 Å². The minimum absolute atomic E-state index is 0.0276. The number of phenols is 2. The summed E-state index contributed by atoms with van der Waals surface area (Å²) in [5.74, 6) is 0.329. The Kier molecular flexibility index (Phi) is 4.40. The van der Waals surface area contributed by atoms with Crippen LogP contribution < -0.4 is 5.69 Å². The van der Waals surface area contributed by atoms with Crippen molar-refractivity contribution in [1.82, 2.24) is 14.8 Å². The van der Waals surface area contributed by atoms with Crippen LogP contribution in [0.4, 0.5) is 0 Å². The van der Waals surface area contributed by atoms with Gasteiger partial charge in [0.25, 0.3) is 0 Å². The lowest BCUT2D eigenvalue weighted by atomic mass is 9.98. The van der Waals surface area contributed by atoms with Crippen molar-refractivity contribution >= 4 is 0 Å². The number of phenolic OH excluding ortho intramolecular Hbond substituents is 2. The molecule has 1 atom stereocenters. The van der Waals surface area contributed by atoms with Crippen LogP contribution in [0.15, 0.2) is 29.6 Å². The molecule has 1 aromatic carbocycles. The highest BCUT2D eigenvalue weighted by molar-refractivity contribution is 5.67. The van der Waals surface area contributed by atoms with E-state index in [0.717, 1.165) is 0 Å². The molecule has 0 aliphatic rings. The van der Waals surface area contributed by atoms with Gasteiger partial charge < -0.3 is 10.2 Å². The number of rotatable bonds is 5. The quantitative estimate of drug-likeness (QED) is 0.741. The molecule has 0 saturated heterocycles. The number of aromatic amines is 1. The Bertz CT molecular complexity index is 744. The van der Waals surface area contributed by atoms with Crippen molar-refractivity contribution in [3.8, 4) is 22.9 Å². The van der Waals surface area contributed by atoms with E-state index in [4.69, 9.17) is 0 Å². The molecule has 0 amide bonds. The zero-order valence-electron chi connectivity index (χ0n) is 13.0. The fourth-order valence-electron chi connectivity index (χ4n) is 2.49. The topological polar surface area (TPSA) is 91.1 Å². The van der Waals surface area contributed by atoms with Crippen molar-refractivity contribution in [2.75, 3.05) is 0 Å². The maximum Gasteiger partial charge on any atom is 0.343 e. The minimum atomic E-state index is -0.345. The zero-order valence-corrected chi connectivity index (χ0v) is 13.0. The lowest BCUT2D eigenvalue weighted by molar-refractivity contribution is 0.444. The third-order valence-corrected chi connectivity index (χ3v) is 3.66. The first-order chi connectivity index (χ1) is 10.4. The Morgan fingerprint density at radius 1 is 1.32 bits per heavy atom. The highest BCUT2D eigenvalue weighted by atomic mass is 16.3. The normalized spacial score (nSPS) is 12.5. The van der Waals surface area contributed by atoms with Gasteiger partial charge in [-0.1, -0.05) is 19.9 Å². The summed E-state index contributed by atoms with van der Waals surface area (Å²) in [6.07, 6.45) is 2.33. The molecule has 0 bridgehead atoms. The third kappa shape index (κ3) is 2.77. The monoisotopic (exact) mass is 303 g/mol. The molecule has 3 N–H and O–H groups in total. The maximum absolute atomic E-state index is 12.0. The van der Waals surface area contributed by atoms with Crippen molar-refractivity contribution in [3.05, 3.63) is 40.8 Å². The molecular formula is C16H21N3O3. The second kappa shape index (κ2) is 6.09. The molecule has 0 aliphatic heterocycles.